The molecule has 0 atom stereocenters. The van der Waals surface area contributed by atoms with Gasteiger partial charge in [0.15, 0.2) is 0 Å². The largest absolute Gasteiger partial charge is 1.00 e. The van der Waals surface area contributed by atoms with E-state index in [-0.39, 0.29) is 17.1 Å². The van der Waals surface area contributed by atoms with Crippen molar-refractivity contribution in [3.05, 3.63) is 0 Å². The molecule has 0 aliphatic carbocycles. The van der Waals surface area contributed by atoms with Gasteiger partial charge >= 0.3 is 17.1 Å². The Morgan fingerprint density at radius 1 is 1.00 bits per heavy atom. The van der Waals surface area contributed by atoms with E-state index in [9.17, 15) is 0 Å². The van der Waals surface area contributed by atoms with Crippen LogP contribution in [0.4, 0.5) is 0 Å². The molecule has 0 aromatic rings. The molecule has 0 rings (SSSR count). The molecule has 36 valence electrons. The van der Waals surface area contributed by atoms with Gasteiger partial charge in [0.2, 0.25) is 14.8 Å². The topological polar surface area (TPSA) is 69.2 Å². The number of rotatable bonds is 0. The molecule has 0 N–H and O–H groups in total. The molecule has 0 bridgehead atoms. The summed E-state index contributed by atoms with van der Waals surface area (Å²) in [5, 5.41) is 0. The Kier molecular flexibility index (Phi) is 9.08. The fraction of sp³-hybridized carbons (Fsp3) is 0. The second-order valence-corrected chi connectivity index (χ2v) is 0.982. The van der Waals surface area contributed by atoms with Gasteiger partial charge < -0.3 is 12.6 Å². The molecule has 0 unspecified atom stereocenters. The SMILES string of the molecule is [Cu+].[O-][Br+2]([O-])[O-]. The van der Waals surface area contributed by atoms with E-state index >= 15 is 0 Å². The Bertz CT molecular complexity index is 11.6. The molecule has 0 fully saturated rings. The van der Waals surface area contributed by atoms with Crippen molar-refractivity contribution in [1.82, 2.24) is 0 Å². The van der Waals surface area contributed by atoms with Gasteiger partial charge in [0.05, 0.1) is 0 Å². The molecule has 0 heterocycles. The second-order valence-electron chi connectivity index (χ2n) is 0.189. The zero-order valence-corrected chi connectivity index (χ0v) is 4.43. The molecule has 5 heteroatoms. The van der Waals surface area contributed by atoms with Crippen molar-refractivity contribution in [2.75, 3.05) is 0 Å². The molecule has 5 heavy (non-hydrogen) atoms. The van der Waals surface area contributed by atoms with Gasteiger partial charge in [-0.3, -0.25) is 0 Å². The van der Waals surface area contributed by atoms with Gasteiger partial charge in [0, 0.05) is 0 Å². The van der Waals surface area contributed by atoms with Crippen LogP contribution in [0.5, 0.6) is 0 Å². The van der Waals surface area contributed by atoms with E-state index in [1.54, 1.807) is 0 Å². The Morgan fingerprint density at radius 2 is 1.00 bits per heavy atom. The van der Waals surface area contributed by atoms with Crippen LogP contribution in [0.1, 0.15) is 0 Å². The summed E-state index contributed by atoms with van der Waals surface area (Å²) in [5.74, 6) is 0. The maximum atomic E-state index is 8.52. The number of hydrogen-bond donors (Lipinski definition) is 0. The van der Waals surface area contributed by atoms with Crippen molar-refractivity contribution < 1.29 is 44.5 Å². The average molecular weight is 191 g/mol. The summed E-state index contributed by atoms with van der Waals surface area (Å²) in [6.45, 7) is 0. The predicted octanol–water partition coefficient (Wildman–Crippen LogP) is -3.57. The maximum Gasteiger partial charge on any atom is 1.00 e. The van der Waals surface area contributed by atoms with Crippen LogP contribution in [0.15, 0.2) is 0 Å². The summed E-state index contributed by atoms with van der Waals surface area (Å²) >= 11 is -3.65. The monoisotopic (exact) mass is 190 g/mol. The van der Waals surface area contributed by atoms with Gasteiger partial charge in [-0.1, -0.05) is 0 Å². The van der Waals surface area contributed by atoms with Crippen LogP contribution in [0, 0.1) is 14.8 Å². The van der Waals surface area contributed by atoms with E-state index in [1.165, 1.54) is 0 Å². The molecule has 0 aromatic heterocycles. The van der Waals surface area contributed by atoms with Gasteiger partial charge in [-0.05, 0) is 0 Å². The Morgan fingerprint density at radius 3 is 1.00 bits per heavy atom. The molecule has 0 aromatic carbocycles. The normalized spacial score (nSPS) is 7.20. The first-order valence-corrected chi connectivity index (χ1v) is 2.41. The molecule has 0 aliphatic heterocycles. The molecule has 0 saturated heterocycles. The van der Waals surface area contributed by atoms with Crippen molar-refractivity contribution in [3.8, 4) is 0 Å². The molecular formula is BrCuO3. The van der Waals surface area contributed by atoms with Gasteiger partial charge in [-0.25, -0.2) is 0 Å². The maximum absolute atomic E-state index is 8.52. The average Bonchev–Trinajstić information content (AvgIpc) is 0.811. The summed E-state index contributed by atoms with van der Waals surface area (Å²) in [6.07, 6.45) is 0. The Balaban J connectivity index is 0. The van der Waals surface area contributed by atoms with Crippen LogP contribution < -0.4 is 12.6 Å². The van der Waals surface area contributed by atoms with Gasteiger partial charge in [-0.2, -0.15) is 0 Å². The molecule has 3 nitrogen and oxygen atoms in total. The smallest absolute Gasteiger partial charge is 0.405 e. The van der Waals surface area contributed by atoms with Crippen LogP contribution in [-0.4, -0.2) is 0 Å². The first kappa shape index (κ1) is 9.30. The van der Waals surface area contributed by atoms with Gasteiger partial charge in [0.25, 0.3) is 0 Å². The summed E-state index contributed by atoms with van der Waals surface area (Å²) in [4.78, 5) is 0. The molecule has 0 saturated carbocycles. The van der Waals surface area contributed by atoms with E-state index in [0.717, 1.165) is 0 Å². The first-order valence-electron chi connectivity index (χ1n) is 0.463. The van der Waals surface area contributed by atoms with E-state index in [0.29, 0.717) is 0 Å². The van der Waals surface area contributed by atoms with E-state index in [1.807, 2.05) is 0 Å². The standard InChI is InChI=1S/BrO3.Cu/c2-1(3)4;/q-1;+1. The Hall–Kier alpha value is 0.879. The van der Waals surface area contributed by atoms with Crippen molar-refractivity contribution in [1.29, 1.82) is 0 Å². The van der Waals surface area contributed by atoms with Crippen LogP contribution in [-0.2, 0) is 17.1 Å². The van der Waals surface area contributed by atoms with Crippen molar-refractivity contribution in [3.63, 3.8) is 0 Å². The summed E-state index contributed by atoms with van der Waals surface area (Å²) < 4.78 is 25.6. The third-order valence-corrected chi connectivity index (χ3v) is 0. The quantitative estimate of drug-likeness (QED) is 0.372. The third kappa shape index (κ3) is 52.3. The summed E-state index contributed by atoms with van der Waals surface area (Å²) in [7, 11) is 0. The van der Waals surface area contributed by atoms with Crippen LogP contribution in [0.3, 0.4) is 0 Å². The summed E-state index contributed by atoms with van der Waals surface area (Å²) in [5.41, 5.74) is 0. The van der Waals surface area contributed by atoms with Crippen molar-refractivity contribution in [2.24, 2.45) is 0 Å². The van der Waals surface area contributed by atoms with E-state index < -0.39 is 14.8 Å². The minimum absolute atomic E-state index is 0. The molecule has 0 spiro atoms. The molecular weight excluding hydrogens is 191 g/mol. The third-order valence-electron chi connectivity index (χ3n) is 0. The fourth-order valence-corrected chi connectivity index (χ4v) is 0. The van der Waals surface area contributed by atoms with Gasteiger partial charge in [-0.15, -0.1) is 0 Å². The zero-order chi connectivity index (χ0) is 3.58. The number of hydrogen-bond acceptors (Lipinski definition) is 3. The minimum Gasteiger partial charge on any atom is -0.405 e. The van der Waals surface area contributed by atoms with Crippen LogP contribution in [0.25, 0.3) is 0 Å². The predicted molar refractivity (Wildman–Crippen MR) is 0 cm³/mol. The molecule has 0 aliphatic rings. The van der Waals surface area contributed by atoms with Crippen molar-refractivity contribution in [2.45, 2.75) is 0 Å². The fourth-order valence-electron chi connectivity index (χ4n) is 0. The van der Waals surface area contributed by atoms with Crippen LogP contribution in [0.2, 0.25) is 0 Å². The molecule has 0 radical (unpaired) electrons. The van der Waals surface area contributed by atoms with E-state index in [2.05, 4.69) is 0 Å². The second kappa shape index (κ2) is 4.88. The minimum atomic E-state index is -3.65. The number of halogens is 1. The van der Waals surface area contributed by atoms with Gasteiger partial charge in [0.1, 0.15) is 0 Å². The van der Waals surface area contributed by atoms with Crippen LogP contribution >= 0.6 is 0 Å². The van der Waals surface area contributed by atoms with E-state index in [4.69, 9.17) is 12.6 Å². The first-order chi connectivity index (χ1) is 1.73. The zero-order valence-electron chi connectivity index (χ0n) is 1.90. The summed E-state index contributed by atoms with van der Waals surface area (Å²) in [6, 6.07) is 0. The molecule has 0 amide bonds. The Labute approximate surface area is 44.9 Å². The van der Waals surface area contributed by atoms with Crippen molar-refractivity contribution >= 4 is 0 Å².